The minimum absolute atomic E-state index is 0.387. The highest BCUT2D eigenvalue weighted by Crippen LogP contribution is 2.30. The van der Waals surface area contributed by atoms with Crippen LogP contribution in [0.25, 0.3) is 0 Å². The van der Waals surface area contributed by atoms with Crippen LogP contribution in [0.4, 0.5) is 0 Å². The van der Waals surface area contributed by atoms with Gasteiger partial charge in [-0.3, -0.25) is 0 Å². The number of ether oxygens (including phenoxy) is 1. The van der Waals surface area contributed by atoms with Crippen LogP contribution in [-0.4, -0.2) is 33.7 Å². The van der Waals surface area contributed by atoms with E-state index < -0.39 is 6.10 Å². The maximum Gasteiger partial charge on any atom is 0.259 e. The van der Waals surface area contributed by atoms with Gasteiger partial charge in [0.1, 0.15) is 0 Å². The molecule has 0 fully saturated rings. The van der Waals surface area contributed by atoms with Gasteiger partial charge in [0.15, 0.2) is 11.9 Å². The molecule has 6 heteroatoms. The molecule has 0 radical (unpaired) electrons. The smallest absolute Gasteiger partial charge is 0.259 e. The summed E-state index contributed by atoms with van der Waals surface area (Å²) in [6, 6.07) is 7.54. The number of rotatable bonds is 3. The van der Waals surface area contributed by atoms with Crippen molar-refractivity contribution in [3.05, 3.63) is 53.1 Å². The normalized spacial score (nSPS) is 12.0. The first kappa shape index (κ1) is 14.8. The molecular weight excluding hydrogens is 294 g/mol. The summed E-state index contributed by atoms with van der Waals surface area (Å²) in [4.78, 5) is 6.09. The Morgan fingerprint density at radius 1 is 1.40 bits per heavy atom. The van der Waals surface area contributed by atoms with Gasteiger partial charge in [0.25, 0.3) is 5.17 Å². The van der Waals surface area contributed by atoms with Gasteiger partial charge in [-0.25, -0.2) is 4.98 Å². The van der Waals surface area contributed by atoms with E-state index in [0.717, 1.165) is 11.4 Å². The van der Waals surface area contributed by atoms with Crippen molar-refractivity contribution < 1.29 is 4.74 Å². The third kappa shape index (κ3) is 3.11. The number of halogens is 1. The summed E-state index contributed by atoms with van der Waals surface area (Å²) in [5.41, 5.74) is 0.840. The van der Waals surface area contributed by atoms with Crippen molar-refractivity contribution >= 4 is 29.0 Å². The number of benzene rings is 1. The molecule has 0 saturated carbocycles. The topological polar surface area (TPSA) is 30.3 Å². The van der Waals surface area contributed by atoms with Crippen LogP contribution in [-0.2, 0) is 11.8 Å². The molecule has 0 N–H and O–H groups in total. The molecule has 1 atom stereocenters. The zero-order valence-electron chi connectivity index (χ0n) is 11.6. The summed E-state index contributed by atoms with van der Waals surface area (Å²) in [6.45, 7) is 0. The molecule has 1 aromatic carbocycles. The molecule has 106 valence electrons. The largest absolute Gasteiger partial charge is 0.454 e. The van der Waals surface area contributed by atoms with E-state index in [1.165, 1.54) is 0 Å². The Bertz CT molecular complexity index is 612. The van der Waals surface area contributed by atoms with Gasteiger partial charge in [-0.2, -0.15) is 0 Å². The molecule has 2 aromatic rings. The van der Waals surface area contributed by atoms with Crippen LogP contribution in [0.15, 0.2) is 36.7 Å². The van der Waals surface area contributed by atoms with E-state index >= 15 is 0 Å². The summed E-state index contributed by atoms with van der Waals surface area (Å²) in [5.74, 6) is 0.752. The van der Waals surface area contributed by atoms with Gasteiger partial charge in [0.05, 0.1) is 0 Å². The van der Waals surface area contributed by atoms with E-state index in [1.54, 1.807) is 11.1 Å². The zero-order chi connectivity index (χ0) is 14.7. The minimum Gasteiger partial charge on any atom is -0.454 e. The number of imidazole rings is 1. The zero-order valence-corrected chi connectivity index (χ0v) is 13.1. The van der Waals surface area contributed by atoms with E-state index in [-0.39, 0.29) is 0 Å². The Balaban J connectivity index is 2.43. The molecule has 0 aliphatic carbocycles. The van der Waals surface area contributed by atoms with Crippen LogP contribution >= 0.6 is 23.8 Å². The summed E-state index contributed by atoms with van der Waals surface area (Å²) >= 11 is 11.5. The quantitative estimate of drug-likeness (QED) is 0.815. The molecule has 1 unspecified atom stereocenters. The summed E-state index contributed by atoms with van der Waals surface area (Å²) in [5, 5.41) is 1.01. The number of aromatic nitrogens is 2. The first-order chi connectivity index (χ1) is 9.50. The van der Waals surface area contributed by atoms with Crippen LogP contribution in [0.5, 0.6) is 0 Å². The third-order valence-electron chi connectivity index (χ3n) is 2.86. The van der Waals surface area contributed by atoms with E-state index in [1.807, 2.05) is 56.2 Å². The van der Waals surface area contributed by atoms with Crippen molar-refractivity contribution in [1.29, 1.82) is 0 Å². The highest BCUT2D eigenvalue weighted by Gasteiger charge is 2.24. The van der Waals surface area contributed by atoms with Crippen molar-refractivity contribution in [1.82, 2.24) is 14.5 Å². The van der Waals surface area contributed by atoms with E-state index in [9.17, 15) is 0 Å². The van der Waals surface area contributed by atoms with Gasteiger partial charge < -0.3 is 14.2 Å². The predicted molar refractivity (Wildman–Crippen MR) is 83.9 cm³/mol. The lowest BCUT2D eigenvalue weighted by Gasteiger charge is -2.23. The Kier molecular flexibility index (Phi) is 4.62. The van der Waals surface area contributed by atoms with Gasteiger partial charge in [-0.1, -0.05) is 29.8 Å². The molecule has 1 aromatic heterocycles. The number of aryl methyl sites for hydroxylation is 1. The number of hydrogen-bond acceptors (Lipinski definition) is 3. The predicted octanol–water partition coefficient (Wildman–Crippen LogP) is 3.03. The Morgan fingerprint density at radius 2 is 2.10 bits per heavy atom. The van der Waals surface area contributed by atoms with Crippen molar-refractivity contribution in [2.24, 2.45) is 7.05 Å². The number of thiocarbonyl (C=S) groups is 1. The van der Waals surface area contributed by atoms with E-state index in [4.69, 9.17) is 28.6 Å². The fraction of sp³-hybridized carbons (Fsp3) is 0.286. The Hall–Kier alpha value is -1.59. The van der Waals surface area contributed by atoms with Gasteiger partial charge in [0.2, 0.25) is 0 Å². The molecule has 0 bridgehead atoms. The molecule has 0 amide bonds. The lowest BCUT2D eigenvalue weighted by Crippen LogP contribution is -2.26. The Labute approximate surface area is 128 Å². The van der Waals surface area contributed by atoms with Crippen LogP contribution in [0.2, 0.25) is 5.02 Å². The summed E-state index contributed by atoms with van der Waals surface area (Å²) in [6.07, 6.45) is 3.15. The molecule has 2 rings (SSSR count). The highest BCUT2D eigenvalue weighted by molar-refractivity contribution is 7.80. The molecule has 0 aliphatic rings. The van der Waals surface area contributed by atoms with Crippen molar-refractivity contribution in [3.63, 3.8) is 0 Å². The first-order valence-electron chi connectivity index (χ1n) is 6.10. The summed E-state index contributed by atoms with van der Waals surface area (Å²) < 4.78 is 7.79. The average molecular weight is 310 g/mol. The number of nitrogens with zero attached hydrogens (tertiary/aromatic N) is 3. The fourth-order valence-corrected chi connectivity index (χ4v) is 2.11. The molecule has 4 nitrogen and oxygen atoms in total. The molecule has 0 spiro atoms. The SMILES string of the molecule is CN(C)C(=S)OC(c1ccccc1Cl)c1nccn1C. The van der Waals surface area contributed by atoms with Gasteiger partial charge >= 0.3 is 0 Å². The third-order valence-corrected chi connectivity index (χ3v) is 3.67. The van der Waals surface area contributed by atoms with Gasteiger partial charge in [-0.15, -0.1) is 0 Å². The fourth-order valence-electron chi connectivity index (χ4n) is 1.78. The lowest BCUT2D eigenvalue weighted by atomic mass is 10.1. The van der Waals surface area contributed by atoms with Crippen molar-refractivity contribution in [3.8, 4) is 0 Å². The monoisotopic (exact) mass is 309 g/mol. The molecule has 20 heavy (non-hydrogen) atoms. The standard InChI is InChI=1S/C14H16ClN3OS/c1-17(2)14(20)19-12(13-16-8-9-18(13)3)10-6-4-5-7-11(10)15/h4-9,12H,1-3H3. The molecule has 1 heterocycles. The summed E-state index contributed by atoms with van der Waals surface area (Å²) in [7, 11) is 5.59. The minimum atomic E-state index is -0.432. The second kappa shape index (κ2) is 6.24. The van der Waals surface area contributed by atoms with Gasteiger partial charge in [-0.05, 0) is 18.3 Å². The molecule has 0 aliphatic heterocycles. The highest BCUT2D eigenvalue weighted by atomic mass is 35.5. The second-order valence-corrected chi connectivity index (χ2v) is 5.33. The maximum absolute atomic E-state index is 6.28. The second-order valence-electron chi connectivity index (χ2n) is 4.58. The van der Waals surface area contributed by atoms with E-state index in [0.29, 0.717) is 10.2 Å². The van der Waals surface area contributed by atoms with Crippen LogP contribution in [0, 0.1) is 0 Å². The van der Waals surface area contributed by atoms with Gasteiger partial charge in [0, 0.05) is 44.1 Å². The van der Waals surface area contributed by atoms with E-state index in [2.05, 4.69) is 4.98 Å². The molecular formula is C14H16ClN3OS. The maximum atomic E-state index is 6.28. The lowest BCUT2D eigenvalue weighted by molar-refractivity contribution is 0.195. The molecule has 0 saturated heterocycles. The van der Waals surface area contributed by atoms with Crippen LogP contribution in [0.1, 0.15) is 17.5 Å². The van der Waals surface area contributed by atoms with Crippen molar-refractivity contribution in [2.75, 3.05) is 14.1 Å². The van der Waals surface area contributed by atoms with Crippen LogP contribution < -0.4 is 0 Å². The number of hydrogen-bond donors (Lipinski definition) is 0. The first-order valence-corrected chi connectivity index (χ1v) is 6.89. The average Bonchev–Trinajstić information content (AvgIpc) is 2.82. The van der Waals surface area contributed by atoms with Crippen LogP contribution in [0.3, 0.4) is 0 Å². The van der Waals surface area contributed by atoms with Crippen molar-refractivity contribution in [2.45, 2.75) is 6.10 Å². The Morgan fingerprint density at radius 3 is 2.65 bits per heavy atom.